The van der Waals surface area contributed by atoms with Crippen molar-refractivity contribution >= 4 is 11.7 Å². The second kappa shape index (κ2) is 7.59. The Bertz CT molecular complexity index is 669. The van der Waals surface area contributed by atoms with Gasteiger partial charge in [-0.15, -0.1) is 0 Å². The van der Waals surface area contributed by atoms with E-state index in [0.717, 1.165) is 31.0 Å². The monoisotopic (exact) mass is 327 g/mol. The average Bonchev–Trinajstić information content (AvgIpc) is 2.98. The van der Waals surface area contributed by atoms with Crippen molar-refractivity contribution in [2.24, 2.45) is 0 Å². The zero-order valence-electron chi connectivity index (χ0n) is 14.4. The van der Waals surface area contributed by atoms with Crippen molar-refractivity contribution in [2.45, 2.75) is 19.5 Å². The van der Waals surface area contributed by atoms with E-state index in [1.165, 1.54) is 0 Å². The standard InChI is InChI=1S/C18H25N5O/c1-15-12-21(2)10-11-22(15)14-18(24)20-17-8-9-19-23(17)13-16-6-4-3-5-7-16/h3-9,15H,10-14H2,1-2H3,(H,20,24)/t15-/m0/s1. The molecular formula is C18H25N5O. The molecule has 1 N–H and O–H groups in total. The van der Waals surface area contributed by atoms with Gasteiger partial charge >= 0.3 is 0 Å². The normalized spacial score (nSPS) is 19.3. The molecule has 1 aliphatic heterocycles. The molecule has 0 bridgehead atoms. The molecule has 1 saturated heterocycles. The van der Waals surface area contributed by atoms with E-state index in [-0.39, 0.29) is 5.91 Å². The largest absolute Gasteiger partial charge is 0.310 e. The molecule has 0 saturated carbocycles. The van der Waals surface area contributed by atoms with E-state index >= 15 is 0 Å². The number of rotatable bonds is 5. The summed E-state index contributed by atoms with van der Waals surface area (Å²) in [6.07, 6.45) is 1.72. The number of hydrogen-bond donors (Lipinski definition) is 1. The molecule has 1 aromatic heterocycles. The van der Waals surface area contributed by atoms with Gasteiger partial charge in [0.1, 0.15) is 5.82 Å². The highest BCUT2D eigenvalue weighted by molar-refractivity contribution is 5.91. The maximum atomic E-state index is 12.4. The fourth-order valence-electron chi connectivity index (χ4n) is 3.10. The number of likely N-dealkylation sites (N-methyl/N-ethyl adjacent to an activating group) is 1. The zero-order chi connectivity index (χ0) is 16.9. The molecule has 24 heavy (non-hydrogen) atoms. The first-order valence-electron chi connectivity index (χ1n) is 8.40. The van der Waals surface area contributed by atoms with Gasteiger partial charge in [0, 0.05) is 31.7 Å². The Morgan fingerprint density at radius 2 is 2.04 bits per heavy atom. The van der Waals surface area contributed by atoms with Crippen LogP contribution in [0, 0.1) is 0 Å². The molecule has 0 aliphatic carbocycles. The Hall–Kier alpha value is -2.18. The van der Waals surface area contributed by atoms with Crippen LogP contribution in [0.25, 0.3) is 0 Å². The first-order chi connectivity index (χ1) is 11.6. The van der Waals surface area contributed by atoms with Crippen LogP contribution >= 0.6 is 0 Å². The molecule has 6 nitrogen and oxygen atoms in total. The van der Waals surface area contributed by atoms with Gasteiger partial charge in [0.05, 0.1) is 19.3 Å². The van der Waals surface area contributed by atoms with E-state index in [0.29, 0.717) is 19.1 Å². The molecule has 2 heterocycles. The number of anilines is 1. The minimum Gasteiger partial charge on any atom is -0.310 e. The number of piperazine rings is 1. The lowest BCUT2D eigenvalue weighted by atomic mass is 10.2. The van der Waals surface area contributed by atoms with Gasteiger partial charge in [0.15, 0.2) is 0 Å². The summed E-state index contributed by atoms with van der Waals surface area (Å²) >= 11 is 0. The lowest BCUT2D eigenvalue weighted by molar-refractivity contribution is -0.118. The number of carbonyl (C=O) groups is 1. The van der Waals surface area contributed by atoms with E-state index in [2.05, 4.69) is 46.3 Å². The van der Waals surface area contributed by atoms with E-state index < -0.39 is 0 Å². The van der Waals surface area contributed by atoms with Gasteiger partial charge < -0.3 is 10.2 Å². The smallest absolute Gasteiger partial charge is 0.239 e. The average molecular weight is 327 g/mol. The lowest BCUT2D eigenvalue weighted by Gasteiger charge is -2.37. The highest BCUT2D eigenvalue weighted by atomic mass is 16.2. The minimum atomic E-state index is 0.0150. The molecule has 1 fully saturated rings. The number of aromatic nitrogens is 2. The Balaban J connectivity index is 1.58. The van der Waals surface area contributed by atoms with Crippen LogP contribution in [0.2, 0.25) is 0 Å². The highest BCUT2D eigenvalue weighted by Gasteiger charge is 2.23. The van der Waals surface area contributed by atoms with E-state index in [9.17, 15) is 4.79 Å². The molecule has 3 rings (SSSR count). The van der Waals surface area contributed by atoms with Crippen LogP contribution < -0.4 is 5.32 Å². The van der Waals surface area contributed by atoms with Gasteiger partial charge in [-0.05, 0) is 19.5 Å². The summed E-state index contributed by atoms with van der Waals surface area (Å²) in [7, 11) is 2.12. The van der Waals surface area contributed by atoms with Crippen molar-refractivity contribution in [3.63, 3.8) is 0 Å². The van der Waals surface area contributed by atoms with Crippen molar-refractivity contribution in [2.75, 3.05) is 38.5 Å². The summed E-state index contributed by atoms with van der Waals surface area (Å²) in [5.41, 5.74) is 1.16. The fourth-order valence-corrected chi connectivity index (χ4v) is 3.10. The summed E-state index contributed by atoms with van der Waals surface area (Å²) in [6.45, 7) is 6.17. The number of nitrogens with zero attached hydrogens (tertiary/aromatic N) is 4. The maximum absolute atomic E-state index is 12.4. The Labute approximate surface area is 143 Å². The van der Waals surface area contributed by atoms with E-state index in [1.54, 1.807) is 6.20 Å². The van der Waals surface area contributed by atoms with Crippen LogP contribution in [-0.4, -0.2) is 64.8 Å². The third kappa shape index (κ3) is 4.21. The second-order valence-corrected chi connectivity index (χ2v) is 6.49. The van der Waals surface area contributed by atoms with Crippen LogP contribution in [0.15, 0.2) is 42.6 Å². The second-order valence-electron chi connectivity index (χ2n) is 6.49. The van der Waals surface area contributed by atoms with Gasteiger partial charge in [0.2, 0.25) is 5.91 Å². The molecular weight excluding hydrogens is 302 g/mol. The first-order valence-corrected chi connectivity index (χ1v) is 8.40. The molecule has 128 valence electrons. The minimum absolute atomic E-state index is 0.0150. The first kappa shape index (κ1) is 16.7. The van der Waals surface area contributed by atoms with Crippen LogP contribution in [0.5, 0.6) is 0 Å². The molecule has 1 amide bonds. The molecule has 1 aliphatic rings. The van der Waals surface area contributed by atoms with Crippen LogP contribution in [0.4, 0.5) is 5.82 Å². The van der Waals surface area contributed by atoms with Crippen molar-refractivity contribution in [3.8, 4) is 0 Å². The molecule has 1 aromatic carbocycles. The van der Waals surface area contributed by atoms with Crippen molar-refractivity contribution in [3.05, 3.63) is 48.2 Å². The lowest BCUT2D eigenvalue weighted by Crippen LogP contribution is -2.52. The van der Waals surface area contributed by atoms with E-state index in [4.69, 9.17) is 0 Å². The summed E-state index contributed by atoms with van der Waals surface area (Å²) in [6, 6.07) is 12.3. The predicted molar refractivity (Wildman–Crippen MR) is 94.9 cm³/mol. The van der Waals surface area contributed by atoms with E-state index in [1.807, 2.05) is 28.9 Å². The summed E-state index contributed by atoms with van der Waals surface area (Å²) in [5, 5.41) is 7.31. The van der Waals surface area contributed by atoms with Crippen molar-refractivity contribution < 1.29 is 4.79 Å². The zero-order valence-corrected chi connectivity index (χ0v) is 14.4. The number of benzene rings is 1. The molecule has 0 unspecified atom stereocenters. The highest BCUT2D eigenvalue weighted by Crippen LogP contribution is 2.11. The Morgan fingerprint density at radius 1 is 1.25 bits per heavy atom. The van der Waals surface area contributed by atoms with Crippen LogP contribution in [-0.2, 0) is 11.3 Å². The van der Waals surface area contributed by atoms with Gasteiger partial charge in [-0.2, -0.15) is 5.10 Å². The van der Waals surface area contributed by atoms with Gasteiger partial charge in [0.25, 0.3) is 0 Å². The molecule has 1 atom stereocenters. The van der Waals surface area contributed by atoms with Crippen LogP contribution in [0.3, 0.4) is 0 Å². The topological polar surface area (TPSA) is 53.4 Å². The predicted octanol–water partition coefficient (Wildman–Crippen LogP) is 1.51. The van der Waals surface area contributed by atoms with Crippen molar-refractivity contribution in [1.82, 2.24) is 19.6 Å². The Morgan fingerprint density at radius 3 is 2.79 bits per heavy atom. The molecule has 6 heteroatoms. The Kier molecular flexibility index (Phi) is 5.27. The SMILES string of the molecule is C[C@H]1CN(C)CCN1CC(=O)Nc1ccnn1Cc1ccccc1. The number of hydrogen-bond acceptors (Lipinski definition) is 4. The summed E-state index contributed by atoms with van der Waals surface area (Å²) in [5.74, 6) is 0.756. The maximum Gasteiger partial charge on any atom is 0.239 e. The van der Waals surface area contributed by atoms with Crippen molar-refractivity contribution in [1.29, 1.82) is 0 Å². The molecule has 0 radical (unpaired) electrons. The van der Waals surface area contributed by atoms with Crippen LogP contribution in [0.1, 0.15) is 12.5 Å². The quantitative estimate of drug-likeness (QED) is 0.904. The molecule has 2 aromatic rings. The third-order valence-corrected chi connectivity index (χ3v) is 4.47. The summed E-state index contributed by atoms with van der Waals surface area (Å²) < 4.78 is 1.82. The third-order valence-electron chi connectivity index (χ3n) is 4.47. The molecule has 0 spiro atoms. The fraction of sp³-hybridized carbons (Fsp3) is 0.444. The van der Waals surface area contributed by atoms with Gasteiger partial charge in [-0.3, -0.25) is 9.69 Å². The number of amides is 1. The number of carbonyl (C=O) groups excluding carboxylic acids is 1. The summed E-state index contributed by atoms with van der Waals surface area (Å²) in [4.78, 5) is 16.9. The number of nitrogens with one attached hydrogen (secondary N) is 1. The van der Waals surface area contributed by atoms with Gasteiger partial charge in [-0.1, -0.05) is 30.3 Å². The van der Waals surface area contributed by atoms with Gasteiger partial charge in [-0.25, -0.2) is 4.68 Å².